The Labute approximate surface area is 124 Å². The van der Waals surface area contributed by atoms with Crippen LogP contribution in [0.3, 0.4) is 0 Å². The molecule has 0 saturated heterocycles. The fourth-order valence-corrected chi connectivity index (χ4v) is 2.14. The van der Waals surface area contributed by atoms with Gasteiger partial charge in [0, 0.05) is 0 Å². The Morgan fingerprint density at radius 3 is 2.19 bits per heavy atom. The summed E-state index contributed by atoms with van der Waals surface area (Å²) in [7, 11) is 1.33. The van der Waals surface area contributed by atoms with Crippen LogP contribution >= 0.6 is 0 Å². The van der Waals surface area contributed by atoms with Crippen LogP contribution in [0.15, 0.2) is 66.7 Å². The van der Waals surface area contributed by atoms with Crippen LogP contribution in [-0.2, 0) is 9.53 Å². The number of aliphatic hydroxyl groups excluding tert-OH is 1. The largest absolute Gasteiger partial charge is 0.468 e. The van der Waals surface area contributed by atoms with E-state index in [1.807, 2.05) is 48.5 Å². The fourth-order valence-electron chi connectivity index (χ4n) is 2.14. The topological polar surface area (TPSA) is 46.5 Å². The summed E-state index contributed by atoms with van der Waals surface area (Å²) in [5.41, 5.74) is 1.70. The maximum atomic E-state index is 11.9. The number of benzene rings is 2. The molecule has 0 aliphatic heterocycles. The van der Waals surface area contributed by atoms with Gasteiger partial charge in [-0.3, -0.25) is 4.79 Å². The predicted octanol–water partition coefficient (Wildman–Crippen LogP) is 3.02. The third kappa shape index (κ3) is 4.04. The molecule has 0 radical (unpaired) electrons. The van der Waals surface area contributed by atoms with E-state index in [1.54, 1.807) is 24.3 Å². The van der Waals surface area contributed by atoms with Crippen molar-refractivity contribution < 1.29 is 14.6 Å². The molecule has 2 rings (SSSR count). The van der Waals surface area contributed by atoms with Gasteiger partial charge < -0.3 is 9.84 Å². The molecule has 3 nitrogen and oxygen atoms in total. The third-order valence-electron chi connectivity index (χ3n) is 3.24. The molecule has 0 aromatic heterocycles. The van der Waals surface area contributed by atoms with E-state index in [9.17, 15) is 9.90 Å². The monoisotopic (exact) mass is 282 g/mol. The molecule has 2 aromatic rings. The molecule has 0 unspecified atom stereocenters. The van der Waals surface area contributed by atoms with Gasteiger partial charge in [0.2, 0.25) is 0 Å². The zero-order valence-corrected chi connectivity index (χ0v) is 11.8. The van der Waals surface area contributed by atoms with Gasteiger partial charge in [0.25, 0.3) is 0 Å². The van der Waals surface area contributed by atoms with Gasteiger partial charge in [-0.25, -0.2) is 0 Å². The normalized spacial score (nSPS) is 13.8. The molecule has 2 aromatic carbocycles. The predicted molar refractivity (Wildman–Crippen MR) is 82.7 cm³/mol. The van der Waals surface area contributed by atoms with Crippen molar-refractivity contribution in [1.29, 1.82) is 0 Å². The Bertz CT molecular complexity index is 590. The Hall–Kier alpha value is -2.39. The van der Waals surface area contributed by atoms with E-state index >= 15 is 0 Å². The number of esters is 1. The quantitative estimate of drug-likeness (QED) is 0.857. The molecular weight excluding hydrogens is 264 g/mol. The van der Waals surface area contributed by atoms with Crippen molar-refractivity contribution in [3.05, 3.63) is 77.9 Å². The van der Waals surface area contributed by atoms with Crippen molar-refractivity contribution in [2.45, 2.75) is 12.0 Å². The van der Waals surface area contributed by atoms with Crippen molar-refractivity contribution >= 4 is 12.0 Å². The lowest BCUT2D eigenvalue weighted by Crippen LogP contribution is -2.25. The number of hydrogen-bond donors (Lipinski definition) is 1. The Kier molecular flexibility index (Phi) is 5.29. The zero-order valence-electron chi connectivity index (χ0n) is 11.8. The highest BCUT2D eigenvalue weighted by molar-refractivity contribution is 5.79. The van der Waals surface area contributed by atoms with Gasteiger partial charge in [-0.1, -0.05) is 72.8 Å². The first-order chi connectivity index (χ1) is 10.2. The van der Waals surface area contributed by atoms with Gasteiger partial charge in [-0.05, 0) is 11.1 Å². The minimum Gasteiger partial charge on any atom is -0.468 e. The lowest BCUT2D eigenvalue weighted by atomic mass is 9.93. The van der Waals surface area contributed by atoms with Gasteiger partial charge in [-0.15, -0.1) is 0 Å². The first kappa shape index (κ1) is 15.0. The Balaban J connectivity index is 2.21. The molecule has 108 valence electrons. The van der Waals surface area contributed by atoms with E-state index in [-0.39, 0.29) is 0 Å². The second-order valence-electron chi connectivity index (χ2n) is 4.67. The molecule has 0 spiro atoms. The van der Waals surface area contributed by atoms with E-state index in [1.165, 1.54) is 7.11 Å². The second-order valence-corrected chi connectivity index (χ2v) is 4.67. The first-order valence-corrected chi connectivity index (χ1v) is 6.76. The molecule has 21 heavy (non-hydrogen) atoms. The molecule has 0 aliphatic rings. The number of methoxy groups -OCH3 is 1. The summed E-state index contributed by atoms with van der Waals surface area (Å²) < 4.78 is 4.81. The van der Waals surface area contributed by atoms with E-state index in [0.717, 1.165) is 11.1 Å². The van der Waals surface area contributed by atoms with Crippen molar-refractivity contribution in [1.82, 2.24) is 0 Å². The van der Waals surface area contributed by atoms with Crippen LogP contribution in [0.25, 0.3) is 6.08 Å². The Morgan fingerprint density at radius 2 is 1.62 bits per heavy atom. The van der Waals surface area contributed by atoms with E-state index in [2.05, 4.69) is 0 Å². The zero-order chi connectivity index (χ0) is 15.1. The number of rotatable bonds is 5. The van der Waals surface area contributed by atoms with Gasteiger partial charge in [0.1, 0.15) is 5.92 Å². The van der Waals surface area contributed by atoms with Crippen LogP contribution in [0.4, 0.5) is 0 Å². The molecular formula is C18H18O3. The number of ether oxygens (including phenoxy) is 1. The standard InChI is InChI=1S/C18H18O3/c1-21-18(20)17(15-10-6-3-7-11-15)16(19)13-12-14-8-4-2-5-9-14/h2-13,16-17,19H,1H3/b13-12+/t16-,17+/m1/s1. The van der Waals surface area contributed by atoms with E-state index in [4.69, 9.17) is 4.74 Å². The minimum atomic E-state index is -0.944. The molecule has 0 aliphatic carbocycles. The second kappa shape index (κ2) is 7.41. The molecule has 1 N–H and O–H groups in total. The maximum Gasteiger partial charge on any atom is 0.316 e. The van der Waals surface area contributed by atoms with Crippen molar-refractivity contribution in [2.75, 3.05) is 7.11 Å². The molecule has 0 fully saturated rings. The van der Waals surface area contributed by atoms with E-state index < -0.39 is 18.0 Å². The highest BCUT2D eigenvalue weighted by Crippen LogP contribution is 2.22. The Morgan fingerprint density at radius 1 is 1.05 bits per heavy atom. The van der Waals surface area contributed by atoms with Crippen LogP contribution < -0.4 is 0 Å². The average molecular weight is 282 g/mol. The summed E-state index contributed by atoms with van der Waals surface area (Å²) in [4.78, 5) is 11.9. The summed E-state index contributed by atoms with van der Waals surface area (Å²) in [6.07, 6.45) is 2.47. The highest BCUT2D eigenvalue weighted by Gasteiger charge is 2.27. The fraction of sp³-hybridized carbons (Fsp3) is 0.167. The van der Waals surface area contributed by atoms with Crippen LogP contribution in [0.2, 0.25) is 0 Å². The van der Waals surface area contributed by atoms with Crippen molar-refractivity contribution in [3.8, 4) is 0 Å². The van der Waals surface area contributed by atoms with Crippen LogP contribution in [-0.4, -0.2) is 24.3 Å². The SMILES string of the molecule is COC(=O)[C@@H](c1ccccc1)[C@H](O)/C=C/c1ccccc1. The molecule has 0 heterocycles. The summed E-state index contributed by atoms with van der Waals surface area (Å²) in [5, 5.41) is 10.3. The van der Waals surface area contributed by atoms with Crippen molar-refractivity contribution in [2.24, 2.45) is 0 Å². The highest BCUT2D eigenvalue weighted by atomic mass is 16.5. The van der Waals surface area contributed by atoms with E-state index in [0.29, 0.717) is 0 Å². The lowest BCUT2D eigenvalue weighted by Gasteiger charge is -2.18. The van der Waals surface area contributed by atoms with Gasteiger partial charge in [0.05, 0.1) is 13.2 Å². The lowest BCUT2D eigenvalue weighted by molar-refractivity contribution is -0.144. The smallest absolute Gasteiger partial charge is 0.316 e. The van der Waals surface area contributed by atoms with Crippen LogP contribution in [0, 0.1) is 0 Å². The summed E-state index contributed by atoms with van der Waals surface area (Å²) >= 11 is 0. The maximum absolute atomic E-state index is 11.9. The number of carbonyl (C=O) groups excluding carboxylic acids is 1. The first-order valence-electron chi connectivity index (χ1n) is 6.76. The number of hydrogen-bond acceptors (Lipinski definition) is 3. The van der Waals surface area contributed by atoms with Gasteiger partial charge in [-0.2, -0.15) is 0 Å². The van der Waals surface area contributed by atoms with Crippen molar-refractivity contribution in [3.63, 3.8) is 0 Å². The van der Waals surface area contributed by atoms with Gasteiger partial charge >= 0.3 is 5.97 Å². The molecule has 0 amide bonds. The molecule has 3 heteroatoms. The number of carbonyl (C=O) groups is 1. The van der Waals surface area contributed by atoms with Crippen LogP contribution in [0.1, 0.15) is 17.0 Å². The van der Waals surface area contributed by atoms with Crippen LogP contribution in [0.5, 0.6) is 0 Å². The summed E-state index contributed by atoms with van der Waals surface area (Å²) in [5.74, 6) is -1.18. The van der Waals surface area contributed by atoms with Gasteiger partial charge in [0.15, 0.2) is 0 Å². The number of aliphatic hydroxyl groups is 1. The minimum absolute atomic E-state index is 0.452. The molecule has 0 bridgehead atoms. The molecule has 2 atom stereocenters. The summed E-state index contributed by atoms with van der Waals surface area (Å²) in [6, 6.07) is 18.8. The molecule has 0 saturated carbocycles. The third-order valence-corrected chi connectivity index (χ3v) is 3.24. The average Bonchev–Trinajstić information content (AvgIpc) is 2.55. The summed E-state index contributed by atoms with van der Waals surface area (Å²) in [6.45, 7) is 0.